The van der Waals surface area contributed by atoms with Crippen LogP contribution >= 0.6 is 0 Å². The van der Waals surface area contributed by atoms with Crippen LogP contribution in [0.1, 0.15) is 57.8 Å². The van der Waals surface area contributed by atoms with Crippen LogP contribution in [-0.4, -0.2) is 18.4 Å². The Kier molecular flexibility index (Phi) is 7.02. The Morgan fingerprint density at radius 1 is 0.963 bits per heavy atom. The zero-order chi connectivity index (χ0) is 19.1. The van der Waals surface area contributed by atoms with Gasteiger partial charge in [0, 0.05) is 24.1 Å². The molecule has 4 nitrogen and oxygen atoms in total. The topological polar surface area (TPSA) is 58.2 Å². The molecule has 146 valence electrons. The number of rotatable bonds is 6. The van der Waals surface area contributed by atoms with Gasteiger partial charge in [0.05, 0.1) is 0 Å². The molecular formula is C22H29FN2O2. The zero-order valence-corrected chi connectivity index (χ0v) is 15.8. The van der Waals surface area contributed by atoms with Gasteiger partial charge in [-0.2, -0.15) is 0 Å². The number of amides is 2. The molecule has 0 spiro atoms. The molecule has 0 bridgehead atoms. The fourth-order valence-electron chi connectivity index (χ4n) is 4.02. The Morgan fingerprint density at radius 2 is 1.63 bits per heavy atom. The summed E-state index contributed by atoms with van der Waals surface area (Å²) in [4.78, 5) is 24.7. The average molecular weight is 372 g/mol. The van der Waals surface area contributed by atoms with Crippen LogP contribution < -0.4 is 10.6 Å². The van der Waals surface area contributed by atoms with Crippen molar-refractivity contribution in [3.8, 4) is 0 Å². The molecule has 0 aromatic heterocycles. The molecule has 2 N–H and O–H groups in total. The molecule has 1 aromatic rings. The zero-order valence-electron chi connectivity index (χ0n) is 15.8. The number of nitrogens with one attached hydrogen (secondary N) is 2. The van der Waals surface area contributed by atoms with Crippen molar-refractivity contribution < 1.29 is 14.0 Å². The van der Waals surface area contributed by atoms with Crippen molar-refractivity contribution in [3.05, 3.63) is 41.7 Å². The van der Waals surface area contributed by atoms with E-state index in [1.807, 2.05) is 0 Å². The molecule has 0 atom stereocenters. The molecule has 27 heavy (non-hydrogen) atoms. The monoisotopic (exact) mass is 372 g/mol. The molecular weight excluding hydrogens is 343 g/mol. The van der Waals surface area contributed by atoms with E-state index in [0.29, 0.717) is 5.69 Å². The van der Waals surface area contributed by atoms with Crippen molar-refractivity contribution in [2.75, 3.05) is 11.9 Å². The second kappa shape index (κ2) is 9.67. The second-order valence-corrected chi connectivity index (χ2v) is 7.69. The second-order valence-electron chi connectivity index (χ2n) is 7.69. The van der Waals surface area contributed by atoms with Crippen LogP contribution in [0.3, 0.4) is 0 Å². The van der Waals surface area contributed by atoms with E-state index in [0.717, 1.165) is 38.6 Å². The van der Waals surface area contributed by atoms with E-state index in [1.165, 1.54) is 43.4 Å². The molecule has 1 aromatic carbocycles. The van der Waals surface area contributed by atoms with E-state index < -0.39 is 0 Å². The lowest BCUT2D eigenvalue weighted by molar-refractivity contribution is -0.128. The molecule has 1 fully saturated rings. The predicted octanol–water partition coefficient (Wildman–Crippen LogP) is 4.58. The van der Waals surface area contributed by atoms with Crippen molar-refractivity contribution in [2.24, 2.45) is 11.8 Å². The number of carbonyl (C=O) groups excluding carboxylic acids is 2. The number of hydrogen-bond donors (Lipinski definition) is 2. The fourth-order valence-corrected chi connectivity index (χ4v) is 4.02. The van der Waals surface area contributed by atoms with Crippen LogP contribution in [0.5, 0.6) is 0 Å². The molecule has 3 rings (SSSR count). The summed E-state index contributed by atoms with van der Waals surface area (Å²) in [5.41, 5.74) is 2.08. The summed E-state index contributed by atoms with van der Waals surface area (Å²) >= 11 is 0. The summed E-state index contributed by atoms with van der Waals surface area (Å²) in [7, 11) is 0. The highest BCUT2D eigenvalue weighted by Crippen LogP contribution is 2.30. The fraction of sp³-hybridized carbons (Fsp3) is 0.545. The van der Waals surface area contributed by atoms with E-state index in [2.05, 4.69) is 16.7 Å². The van der Waals surface area contributed by atoms with Gasteiger partial charge >= 0.3 is 0 Å². The van der Waals surface area contributed by atoms with Crippen LogP contribution in [-0.2, 0) is 9.59 Å². The van der Waals surface area contributed by atoms with Gasteiger partial charge in [-0.15, -0.1) is 0 Å². The highest BCUT2D eigenvalue weighted by molar-refractivity contribution is 5.92. The first-order valence-corrected chi connectivity index (χ1v) is 10.1. The summed E-state index contributed by atoms with van der Waals surface area (Å²) in [5.74, 6) is -0.292. The maximum absolute atomic E-state index is 12.9. The first-order chi connectivity index (χ1) is 13.1. The maximum Gasteiger partial charge on any atom is 0.227 e. The third-order valence-electron chi connectivity index (χ3n) is 5.71. The van der Waals surface area contributed by atoms with Crippen LogP contribution in [0.2, 0.25) is 0 Å². The minimum atomic E-state index is -0.320. The van der Waals surface area contributed by atoms with Crippen molar-refractivity contribution in [3.63, 3.8) is 0 Å². The van der Waals surface area contributed by atoms with Crippen LogP contribution in [0, 0.1) is 17.7 Å². The Balaban J connectivity index is 1.37. The SMILES string of the molecule is O=C(NCCC1=CCCCC1)C1CCC(C(=O)Nc2ccc(F)cc2)CC1. The lowest BCUT2D eigenvalue weighted by Crippen LogP contribution is -2.36. The third kappa shape index (κ3) is 5.91. The number of allylic oxidation sites excluding steroid dienone is 1. The molecule has 2 amide bonds. The largest absolute Gasteiger partial charge is 0.356 e. The van der Waals surface area contributed by atoms with Crippen molar-refractivity contribution in [2.45, 2.75) is 57.8 Å². The first-order valence-electron chi connectivity index (χ1n) is 10.1. The Hall–Kier alpha value is -2.17. The predicted molar refractivity (Wildman–Crippen MR) is 105 cm³/mol. The molecule has 2 aliphatic rings. The van der Waals surface area contributed by atoms with Gasteiger partial charge in [0.2, 0.25) is 11.8 Å². The van der Waals surface area contributed by atoms with Crippen LogP contribution in [0.25, 0.3) is 0 Å². The first kappa shape index (κ1) is 19.6. The molecule has 0 radical (unpaired) electrons. The number of hydrogen-bond acceptors (Lipinski definition) is 2. The van der Waals surface area contributed by atoms with E-state index in [1.54, 1.807) is 12.1 Å². The third-order valence-corrected chi connectivity index (χ3v) is 5.71. The Labute approximate surface area is 160 Å². The summed E-state index contributed by atoms with van der Waals surface area (Å²) < 4.78 is 12.9. The van der Waals surface area contributed by atoms with Crippen LogP contribution in [0.15, 0.2) is 35.9 Å². The number of benzene rings is 1. The van der Waals surface area contributed by atoms with Gasteiger partial charge in [-0.05, 0) is 82.1 Å². The van der Waals surface area contributed by atoms with Gasteiger partial charge < -0.3 is 10.6 Å². The molecule has 0 unspecified atom stereocenters. The van der Waals surface area contributed by atoms with Gasteiger partial charge in [-0.1, -0.05) is 11.6 Å². The lowest BCUT2D eigenvalue weighted by atomic mass is 9.81. The summed E-state index contributed by atoms with van der Waals surface area (Å²) in [6, 6.07) is 5.79. The summed E-state index contributed by atoms with van der Waals surface area (Å²) in [6.07, 6.45) is 11.1. The molecule has 5 heteroatoms. The number of anilines is 1. The van der Waals surface area contributed by atoms with Gasteiger partial charge in [0.1, 0.15) is 5.82 Å². The van der Waals surface area contributed by atoms with E-state index >= 15 is 0 Å². The van der Waals surface area contributed by atoms with Crippen molar-refractivity contribution >= 4 is 17.5 Å². The van der Waals surface area contributed by atoms with E-state index in [4.69, 9.17) is 0 Å². The van der Waals surface area contributed by atoms with E-state index in [9.17, 15) is 14.0 Å². The highest BCUT2D eigenvalue weighted by atomic mass is 19.1. The minimum absolute atomic E-state index is 0.0141. The van der Waals surface area contributed by atoms with Crippen molar-refractivity contribution in [1.82, 2.24) is 5.32 Å². The molecule has 1 saturated carbocycles. The Bertz CT molecular complexity index is 676. The number of carbonyl (C=O) groups is 2. The smallest absolute Gasteiger partial charge is 0.227 e. The lowest BCUT2D eigenvalue weighted by Gasteiger charge is -2.27. The van der Waals surface area contributed by atoms with Crippen LogP contribution in [0.4, 0.5) is 10.1 Å². The molecule has 2 aliphatic carbocycles. The summed E-state index contributed by atoms with van der Waals surface area (Å²) in [5, 5.41) is 5.91. The highest BCUT2D eigenvalue weighted by Gasteiger charge is 2.29. The minimum Gasteiger partial charge on any atom is -0.356 e. The van der Waals surface area contributed by atoms with Gasteiger partial charge in [0.25, 0.3) is 0 Å². The molecule has 0 heterocycles. The number of halogens is 1. The van der Waals surface area contributed by atoms with E-state index in [-0.39, 0.29) is 29.5 Å². The average Bonchev–Trinajstić information content (AvgIpc) is 2.70. The van der Waals surface area contributed by atoms with Gasteiger partial charge in [-0.3, -0.25) is 9.59 Å². The van der Waals surface area contributed by atoms with Gasteiger partial charge in [0.15, 0.2) is 0 Å². The maximum atomic E-state index is 12.9. The normalized spacial score (nSPS) is 22.6. The Morgan fingerprint density at radius 3 is 2.26 bits per heavy atom. The quantitative estimate of drug-likeness (QED) is 0.718. The summed E-state index contributed by atoms with van der Waals surface area (Å²) in [6.45, 7) is 0.718. The molecule has 0 aliphatic heterocycles. The van der Waals surface area contributed by atoms with Crippen molar-refractivity contribution in [1.29, 1.82) is 0 Å². The standard InChI is InChI=1S/C22H29FN2O2/c23-19-10-12-20(13-11-19)25-22(27)18-8-6-17(7-9-18)21(26)24-15-14-16-4-2-1-3-5-16/h4,10-13,17-18H,1-3,5-9,14-15H2,(H,24,26)(H,25,27). The molecule has 0 saturated heterocycles. The van der Waals surface area contributed by atoms with Gasteiger partial charge in [-0.25, -0.2) is 4.39 Å².